The van der Waals surface area contributed by atoms with Crippen LogP contribution in [0.5, 0.6) is 0 Å². The van der Waals surface area contributed by atoms with Crippen molar-refractivity contribution in [3.8, 4) is 0 Å². The summed E-state index contributed by atoms with van der Waals surface area (Å²) in [4.78, 5) is 0. The van der Waals surface area contributed by atoms with E-state index in [1.165, 1.54) is 55.8 Å². The Morgan fingerprint density at radius 2 is 1.59 bits per heavy atom. The van der Waals surface area contributed by atoms with E-state index in [1.807, 2.05) is 30.3 Å². The van der Waals surface area contributed by atoms with Gasteiger partial charge in [-0.2, -0.15) is 0 Å². The standard InChI is InChI=1S/C20H32OSe/c1-3-4-5-6-7-8-9-10-14-17-19(22-2)20(21)18-15-12-11-13-16-18/h11-13,15-17,20-21H,3-10,14H2,1-2H3/b19-17-. The van der Waals surface area contributed by atoms with Crippen molar-refractivity contribution in [1.29, 1.82) is 0 Å². The molecule has 0 fully saturated rings. The number of aliphatic hydroxyl groups excluding tert-OH is 1. The van der Waals surface area contributed by atoms with Gasteiger partial charge in [-0.05, 0) is 0 Å². The van der Waals surface area contributed by atoms with Gasteiger partial charge in [-0.25, -0.2) is 0 Å². The van der Waals surface area contributed by atoms with E-state index in [9.17, 15) is 5.11 Å². The van der Waals surface area contributed by atoms with Gasteiger partial charge in [0.15, 0.2) is 0 Å². The maximum atomic E-state index is 10.5. The fraction of sp³-hybridized carbons (Fsp3) is 0.600. The first kappa shape index (κ1) is 19.5. The third kappa shape index (κ3) is 8.17. The van der Waals surface area contributed by atoms with E-state index in [0.717, 1.165) is 12.0 Å². The summed E-state index contributed by atoms with van der Waals surface area (Å²) in [6, 6.07) is 10.0. The number of unbranched alkanes of at least 4 members (excludes halogenated alkanes) is 8. The molecule has 0 aliphatic carbocycles. The molecule has 0 bridgehead atoms. The molecule has 1 nitrogen and oxygen atoms in total. The van der Waals surface area contributed by atoms with Crippen molar-refractivity contribution in [3.63, 3.8) is 0 Å². The fourth-order valence-corrected chi connectivity index (χ4v) is 3.98. The summed E-state index contributed by atoms with van der Waals surface area (Å²) in [5.41, 5.74) is 1.02. The van der Waals surface area contributed by atoms with Crippen molar-refractivity contribution in [2.75, 3.05) is 0 Å². The first-order valence-electron chi connectivity index (χ1n) is 8.76. The zero-order chi connectivity index (χ0) is 16.0. The number of hydrogen-bond donors (Lipinski definition) is 1. The molecule has 0 heterocycles. The third-order valence-corrected chi connectivity index (χ3v) is 5.83. The number of allylic oxidation sites excluding steroid dienone is 1. The van der Waals surface area contributed by atoms with Crippen LogP contribution < -0.4 is 0 Å². The Morgan fingerprint density at radius 3 is 2.18 bits per heavy atom. The molecular weight excluding hydrogens is 335 g/mol. The second-order valence-electron chi connectivity index (χ2n) is 5.89. The van der Waals surface area contributed by atoms with Crippen LogP contribution in [-0.2, 0) is 0 Å². The average Bonchev–Trinajstić information content (AvgIpc) is 2.57. The number of aliphatic hydroxyl groups is 1. The molecule has 0 spiro atoms. The summed E-state index contributed by atoms with van der Waals surface area (Å²) in [5, 5.41) is 10.5. The molecule has 0 aliphatic heterocycles. The van der Waals surface area contributed by atoms with Crippen molar-refractivity contribution in [1.82, 2.24) is 0 Å². The van der Waals surface area contributed by atoms with E-state index in [0.29, 0.717) is 15.0 Å². The second kappa shape index (κ2) is 12.9. The second-order valence-corrected chi connectivity index (χ2v) is 7.73. The van der Waals surface area contributed by atoms with Gasteiger partial charge >= 0.3 is 143 Å². The van der Waals surface area contributed by atoms with Crippen LogP contribution >= 0.6 is 0 Å². The van der Waals surface area contributed by atoms with E-state index in [2.05, 4.69) is 18.8 Å². The van der Waals surface area contributed by atoms with Crippen LogP contribution in [-0.4, -0.2) is 20.1 Å². The summed E-state index contributed by atoms with van der Waals surface area (Å²) in [6.07, 6.45) is 13.9. The van der Waals surface area contributed by atoms with E-state index >= 15 is 0 Å². The van der Waals surface area contributed by atoms with Gasteiger partial charge < -0.3 is 0 Å². The first-order valence-corrected chi connectivity index (χ1v) is 11.3. The van der Waals surface area contributed by atoms with Crippen LogP contribution in [0.2, 0.25) is 5.82 Å². The summed E-state index contributed by atoms with van der Waals surface area (Å²) in [7, 11) is 0. The molecule has 2 heteroatoms. The minimum absolute atomic E-state index is 0.370. The van der Waals surface area contributed by atoms with Gasteiger partial charge in [0.05, 0.1) is 0 Å². The molecule has 0 saturated carbocycles. The maximum absolute atomic E-state index is 10.5. The molecule has 0 aliphatic rings. The third-order valence-electron chi connectivity index (χ3n) is 4.02. The molecule has 0 aromatic heterocycles. The molecule has 22 heavy (non-hydrogen) atoms. The SMILES string of the molecule is CCCCCCCCCC/C=C(\[Se]C)C(O)c1ccccc1. The first-order chi connectivity index (χ1) is 10.8. The molecule has 0 radical (unpaired) electrons. The molecule has 1 aromatic carbocycles. The fourth-order valence-electron chi connectivity index (χ4n) is 2.63. The Labute approximate surface area is 143 Å². The van der Waals surface area contributed by atoms with Crippen molar-refractivity contribution in [2.24, 2.45) is 0 Å². The van der Waals surface area contributed by atoms with Gasteiger partial charge in [-0.1, -0.05) is 0 Å². The topological polar surface area (TPSA) is 20.2 Å². The Morgan fingerprint density at radius 1 is 1.00 bits per heavy atom. The summed E-state index contributed by atoms with van der Waals surface area (Å²) in [5.74, 6) is 2.19. The van der Waals surface area contributed by atoms with Crippen molar-refractivity contribution in [3.05, 3.63) is 46.4 Å². The molecule has 0 amide bonds. The number of hydrogen-bond acceptors (Lipinski definition) is 1. The molecule has 0 saturated heterocycles. The van der Waals surface area contributed by atoms with Crippen molar-refractivity contribution >= 4 is 15.0 Å². The van der Waals surface area contributed by atoms with Crippen LogP contribution in [0.4, 0.5) is 0 Å². The Hall–Kier alpha value is -0.561. The van der Waals surface area contributed by atoms with Crippen LogP contribution in [0.3, 0.4) is 0 Å². The quantitative estimate of drug-likeness (QED) is 0.361. The van der Waals surface area contributed by atoms with Crippen LogP contribution in [0.15, 0.2) is 40.9 Å². The van der Waals surface area contributed by atoms with Gasteiger partial charge in [0.25, 0.3) is 0 Å². The molecule has 124 valence electrons. The van der Waals surface area contributed by atoms with Gasteiger partial charge in [0.2, 0.25) is 0 Å². The Bertz CT molecular complexity index is 399. The predicted molar refractivity (Wildman–Crippen MR) is 98.3 cm³/mol. The zero-order valence-electron chi connectivity index (χ0n) is 14.3. The van der Waals surface area contributed by atoms with E-state index in [-0.39, 0.29) is 0 Å². The number of benzene rings is 1. The Balaban J connectivity index is 2.22. The summed E-state index contributed by atoms with van der Waals surface area (Å²) < 4.78 is 1.22. The van der Waals surface area contributed by atoms with Gasteiger partial charge in [-0.3, -0.25) is 0 Å². The normalized spacial score (nSPS) is 13.3. The van der Waals surface area contributed by atoms with Gasteiger partial charge in [0.1, 0.15) is 0 Å². The average molecular weight is 367 g/mol. The molecular formula is C20H32OSe. The van der Waals surface area contributed by atoms with Crippen LogP contribution in [0.1, 0.15) is 76.4 Å². The van der Waals surface area contributed by atoms with Crippen molar-refractivity contribution in [2.45, 2.75) is 76.6 Å². The predicted octanol–water partition coefficient (Wildman–Crippen LogP) is 5.89. The molecule has 1 rings (SSSR count). The number of rotatable bonds is 12. The summed E-state index contributed by atoms with van der Waals surface area (Å²) >= 11 is 0.370. The monoisotopic (exact) mass is 368 g/mol. The molecule has 1 N–H and O–H groups in total. The zero-order valence-corrected chi connectivity index (χ0v) is 16.0. The van der Waals surface area contributed by atoms with E-state index in [1.54, 1.807) is 0 Å². The molecule has 1 unspecified atom stereocenters. The van der Waals surface area contributed by atoms with Crippen LogP contribution in [0.25, 0.3) is 0 Å². The molecule has 1 atom stereocenters. The van der Waals surface area contributed by atoms with Gasteiger partial charge in [0, 0.05) is 0 Å². The van der Waals surface area contributed by atoms with E-state index < -0.39 is 6.10 Å². The van der Waals surface area contributed by atoms with Gasteiger partial charge in [-0.15, -0.1) is 0 Å². The van der Waals surface area contributed by atoms with Crippen LogP contribution in [0, 0.1) is 0 Å². The Kier molecular flexibility index (Phi) is 11.5. The molecule has 1 aromatic rings. The minimum atomic E-state index is -0.403. The summed E-state index contributed by atoms with van der Waals surface area (Å²) in [6.45, 7) is 2.27. The van der Waals surface area contributed by atoms with Crippen molar-refractivity contribution < 1.29 is 5.11 Å². The van der Waals surface area contributed by atoms with E-state index in [4.69, 9.17) is 0 Å².